The maximum absolute atomic E-state index is 5.64. The van der Waals surface area contributed by atoms with Gasteiger partial charge in [0.05, 0.1) is 13.0 Å². The van der Waals surface area contributed by atoms with Crippen molar-refractivity contribution in [2.24, 2.45) is 0 Å². The molecular weight excluding hydrogens is 356 g/mol. The first-order chi connectivity index (χ1) is 14.2. The van der Waals surface area contributed by atoms with Gasteiger partial charge in [0.15, 0.2) is 5.69 Å². The molecule has 0 aliphatic carbocycles. The fourth-order valence-electron chi connectivity index (χ4n) is 4.21. The van der Waals surface area contributed by atoms with E-state index in [4.69, 9.17) is 4.74 Å². The third-order valence-electron chi connectivity index (χ3n) is 5.65. The van der Waals surface area contributed by atoms with Gasteiger partial charge in [0.1, 0.15) is 23.3 Å². The number of fused-ring (bicyclic) bond motifs is 3. The Morgan fingerprint density at radius 2 is 1.66 bits per heavy atom. The van der Waals surface area contributed by atoms with Gasteiger partial charge >= 0.3 is 0 Å². The average Bonchev–Trinajstić information content (AvgIpc) is 3.15. The van der Waals surface area contributed by atoms with Crippen LogP contribution < -0.4 is 9.30 Å². The van der Waals surface area contributed by atoms with Gasteiger partial charge in [0, 0.05) is 5.56 Å². The summed E-state index contributed by atoms with van der Waals surface area (Å²) in [6.45, 7) is 4.82. The molecule has 2 heterocycles. The van der Waals surface area contributed by atoms with Gasteiger partial charge in [-0.05, 0) is 68.3 Å². The average molecular weight is 381 g/mol. The van der Waals surface area contributed by atoms with E-state index in [2.05, 4.69) is 95.1 Å². The van der Waals surface area contributed by atoms with Gasteiger partial charge in [-0.2, -0.15) is 9.13 Å². The van der Waals surface area contributed by atoms with Crippen molar-refractivity contribution < 1.29 is 9.30 Å². The zero-order chi connectivity index (χ0) is 19.8. The van der Waals surface area contributed by atoms with Crippen molar-refractivity contribution in [1.29, 1.82) is 0 Å². The van der Waals surface area contributed by atoms with Crippen LogP contribution in [0, 0.1) is 6.92 Å². The Morgan fingerprint density at radius 3 is 2.41 bits per heavy atom. The van der Waals surface area contributed by atoms with Gasteiger partial charge in [-0.15, -0.1) is 0 Å². The number of hydrogen-bond acceptors (Lipinski definition) is 1. The number of aryl methyl sites for hydroxylation is 2. The third kappa shape index (κ3) is 3.13. The van der Waals surface area contributed by atoms with Gasteiger partial charge in [-0.3, -0.25) is 0 Å². The highest BCUT2D eigenvalue weighted by Gasteiger charge is 2.31. The minimum absolute atomic E-state index is 0.681. The van der Waals surface area contributed by atoms with E-state index in [1.54, 1.807) is 0 Å². The Labute approximate surface area is 171 Å². The van der Waals surface area contributed by atoms with E-state index in [0.29, 0.717) is 6.61 Å². The summed E-state index contributed by atoms with van der Waals surface area (Å²) >= 11 is 0. The van der Waals surface area contributed by atoms with Gasteiger partial charge in [0.2, 0.25) is 0 Å². The smallest absolute Gasteiger partial charge is 0.267 e. The molecule has 0 fully saturated rings. The Hall–Kier alpha value is -3.33. The molecule has 0 amide bonds. The molecule has 1 aliphatic heterocycles. The summed E-state index contributed by atoms with van der Waals surface area (Å²) in [5, 5.41) is 0. The lowest BCUT2D eigenvalue weighted by Gasteiger charge is -2.15. The number of nitrogens with zero attached hydrogens (tertiary/aromatic N) is 2. The maximum atomic E-state index is 5.64. The molecule has 5 rings (SSSR count). The van der Waals surface area contributed by atoms with Gasteiger partial charge in [-0.25, -0.2) is 0 Å². The predicted molar refractivity (Wildman–Crippen MR) is 116 cm³/mol. The molecular formula is C26H25N2O+. The second-order valence-electron chi connectivity index (χ2n) is 7.56. The quantitative estimate of drug-likeness (QED) is 0.443. The molecule has 0 atom stereocenters. The minimum atomic E-state index is 0.681. The van der Waals surface area contributed by atoms with Crippen LogP contribution in [0.15, 0.2) is 79.0 Å². The first-order valence-electron chi connectivity index (χ1n) is 10.3. The van der Waals surface area contributed by atoms with Crippen molar-refractivity contribution in [3.63, 3.8) is 0 Å². The highest BCUT2D eigenvalue weighted by molar-refractivity contribution is 5.59. The molecule has 1 aromatic heterocycles. The van der Waals surface area contributed by atoms with Crippen LogP contribution in [0.4, 0.5) is 0 Å². The van der Waals surface area contributed by atoms with Crippen LogP contribution in [-0.2, 0) is 12.8 Å². The molecule has 0 bridgehead atoms. The molecule has 0 spiro atoms. The minimum Gasteiger partial charge on any atom is -0.494 e. The van der Waals surface area contributed by atoms with Crippen molar-refractivity contribution in [1.82, 2.24) is 4.57 Å². The zero-order valence-corrected chi connectivity index (χ0v) is 16.9. The van der Waals surface area contributed by atoms with E-state index in [9.17, 15) is 0 Å². The molecule has 0 saturated heterocycles. The molecule has 1 aliphatic rings. The largest absolute Gasteiger partial charge is 0.494 e. The van der Waals surface area contributed by atoms with Crippen molar-refractivity contribution in [3.05, 3.63) is 95.9 Å². The van der Waals surface area contributed by atoms with Crippen molar-refractivity contribution in [3.8, 4) is 28.4 Å². The Kier molecular flexibility index (Phi) is 4.44. The molecule has 3 aromatic carbocycles. The Morgan fingerprint density at radius 1 is 0.897 bits per heavy atom. The molecule has 144 valence electrons. The van der Waals surface area contributed by atoms with Crippen LogP contribution >= 0.6 is 0 Å². The first kappa shape index (κ1) is 17.7. The molecule has 0 saturated carbocycles. The highest BCUT2D eigenvalue weighted by Crippen LogP contribution is 2.28. The van der Waals surface area contributed by atoms with Crippen LogP contribution in [0.5, 0.6) is 5.75 Å². The summed E-state index contributed by atoms with van der Waals surface area (Å²) in [4.78, 5) is 0. The molecule has 29 heavy (non-hydrogen) atoms. The molecule has 3 heteroatoms. The van der Waals surface area contributed by atoms with Crippen molar-refractivity contribution in [2.45, 2.75) is 26.7 Å². The molecule has 4 aromatic rings. The van der Waals surface area contributed by atoms with E-state index in [0.717, 1.165) is 18.6 Å². The first-order valence-corrected chi connectivity index (χ1v) is 10.3. The molecule has 0 N–H and O–H groups in total. The second kappa shape index (κ2) is 7.25. The number of ether oxygens (including phenoxy) is 1. The molecule has 3 nitrogen and oxygen atoms in total. The number of aromatic nitrogens is 2. The highest BCUT2D eigenvalue weighted by atomic mass is 16.5. The van der Waals surface area contributed by atoms with Gasteiger partial charge in [-0.1, -0.05) is 35.9 Å². The van der Waals surface area contributed by atoms with E-state index >= 15 is 0 Å². The summed E-state index contributed by atoms with van der Waals surface area (Å²) in [6.07, 6.45) is 4.36. The van der Waals surface area contributed by atoms with Crippen molar-refractivity contribution >= 4 is 0 Å². The van der Waals surface area contributed by atoms with Crippen LogP contribution in [-0.4, -0.2) is 11.2 Å². The predicted octanol–water partition coefficient (Wildman–Crippen LogP) is 5.23. The third-order valence-corrected chi connectivity index (χ3v) is 5.65. The summed E-state index contributed by atoms with van der Waals surface area (Å²) in [5.74, 6) is 2.23. The molecule has 0 unspecified atom stereocenters. The van der Waals surface area contributed by atoms with Crippen LogP contribution in [0.3, 0.4) is 0 Å². The Balaban J connectivity index is 1.71. The summed E-state index contributed by atoms with van der Waals surface area (Å²) < 4.78 is 10.4. The summed E-state index contributed by atoms with van der Waals surface area (Å²) in [5.41, 5.74) is 7.56. The topological polar surface area (TPSA) is 18.0 Å². The normalized spacial score (nSPS) is 12.3. The monoisotopic (exact) mass is 381 g/mol. The SMILES string of the molecule is CCOc1ccc(-c2cn(-c3ccc(C)cc3)c3[n+]2-c2ccccc2CC3)cc1. The van der Waals surface area contributed by atoms with E-state index < -0.39 is 0 Å². The molecule has 0 radical (unpaired) electrons. The lowest BCUT2D eigenvalue weighted by atomic mass is 10.0. The number of hydrogen-bond donors (Lipinski definition) is 0. The van der Waals surface area contributed by atoms with E-state index in [1.807, 2.05) is 6.92 Å². The fourth-order valence-corrected chi connectivity index (χ4v) is 4.21. The summed E-state index contributed by atoms with van der Waals surface area (Å²) in [7, 11) is 0. The maximum Gasteiger partial charge on any atom is 0.267 e. The lowest BCUT2D eigenvalue weighted by molar-refractivity contribution is -0.595. The zero-order valence-electron chi connectivity index (χ0n) is 16.9. The lowest BCUT2D eigenvalue weighted by Crippen LogP contribution is -2.41. The van der Waals surface area contributed by atoms with Gasteiger partial charge in [0.25, 0.3) is 5.82 Å². The van der Waals surface area contributed by atoms with Crippen molar-refractivity contribution in [2.75, 3.05) is 6.61 Å². The van der Waals surface area contributed by atoms with Crippen LogP contribution in [0.1, 0.15) is 23.9 Å². The standard InChI is InChI=1S/C26H25N2O/c1-3-29-23-15-10-21(11-16-23)25-18-27(22-13-8-19(2)9-14-22)26-17-12-20-6-4-5-7-24(20)28(25)26/h4-11,13-16,18H,3,12,17H2,1-2H3/q+1. The number of imidazole rings is 1. The van der Waals surface area contributed by atoms with Crippen LogP contribution in [0.25, 0.3) is 22.6 Å². The summed E-state index contributed by atoms with van der Waals surface area (Å²) in [6, 6.07) is 26.0. The Bertz CT molecular complexity index is 1150. The number of para-hydroxylation sites is 1. The van der Waals surface area contributed by atoms with Crippen LogP contribution in [0.2, 0.25) is 0 Å². The number of benzene rings is 3. The number of rotatable bonds is 4. The van der Waals surface area contributed by atoms with E-state index in [-0.39, 0.29) is 0 Å². The second-order valence-corrected chi connectivity index (χ2v) is 7.56. The van der Waals surface area contributed by atoms with E-state index in [1.165, 1.54) is 39.6 Å². The van der Waals surface area contributed by atoms with Gasteiger partial charge < -0.3 is 4.74 Å². The fraction of sp³-hybridized carbons (Fsp3) is 0.192.